The van der Waals surface area contributed by atoms with E-state index in [0.717, 1.165) is 6.42 Å². The SMILES string of the molecule is CCOC(=O)NCCc1ccccc1SC. The maximum absolute atomic E-state index is 11.0. The first kappa shape index (κ1) is 12.9. The van der Waals surface area contributed by atoms with Crippen LogP contribution in [0.2, 0.25) is 0 Å². The molecule has 0 spiro atoms. The van der Waals surface area contributed by atoms with Gasteiger partial charge in [0.05, 0.1) is 6.61 Å². The van der Waals surface area contributed by atoms with Crippen molar-refractivity contribution in [2.45, 2.75) is 18.2 Å². The molecule has 16 heavy (non-hydrogen) atoms. The summed E-state index contributed by atoms with van der Waals surface area (Å²) < 4.78 is 4.78. The van der Waals surface area contributed by atoms with E-state index in [1.54, 1.807) is 18.7 Å². The molecule has 4 heteroatoms. The average molecular weight is 239 g/mol. The number of carbonyl (C=O) groups excluding carboxylic acids is 1. The van der Waals surface area contributed by atoms with Gasteiger partial charge < -0.3 is 10.1 Å². The van der Waals surface area contributed by atoms with Crippen molar-refractivity contribution in [1.82, 2.24) is 5.32 Å². The van der Waals surface area contributed by atoms with Crippen LogP contribution >= 0.6 is 11.8 Å². The van der Waals surface area contributed by atoms with Crippen molar-refractivity contribution in [1.29, 1.82) is 0 Å². The number of carbonyl (C=O) groups is 1. The van der Waals surface area contributed by atoms with Gasteiger partial charge in [-0.05, 0) is 31.2 Å². The summed E-state index contributed by atoms with van der Waals surface area (Å²) in [5.74, 6) is 0. The van der Waals surface area contributed by atoms with E-state index >= 15 is 0 Å². The normalized spacial score (nSPS) is 9.88. The topological polar surface area (TPSA) is 38.3 Å². The molecular formula is C12H17NO2S. The number of rotatable bonds is 5. The molecule has 0 aliphatic carbocycles. The summed E-state index contributed by atoms with van der Waals surface area (Å²) in [6.07, 6.45) is 2.54. The molecule has 0 atom stereocenters. The maximum atomic E-state index is 11.0. The summed E-state index contributed by atoms with van der Waals surface area (Å²) in [6.45, 7) is 2.81. The fourth-order valence-corrected chi connectivity index (χ4v) is 2.04. The summed E-state index contributed by atoms with van der Waals surface area (Å²) in [5.41, 5.74) is 1.26. The maximum Gasteiger partial charge on any atom is 0.407 e. The van der Waals surface area contributed by atoms with Gasteiger partial charge in [0, 0.05) is 11.4 Å². The van der Waals surface area contributed by atoms with Gasteiger partial charge >= 0.3 is 6.09 Å². The van der Waals surface area contributed by atoms with Crippen LogP contribution in [0.1, 0.15) is 12.5 Å². The Kier molecular flexibility index (Phi) is 5.78. The molecule has 1 amide bonds. The van der Waals surface area contributed by atoms with Crippen LogP contribution in [0.5, 0.6) is 0 Å². The third-order valence-corrected chi connectivity index (χ3v) is 2.97. The molecule has 0 fully saturated rings. The average Bonchev–Trinajstić information content (AvgIpc) is 2.30. The molecule has 0 bridgehead atoms. The first-order chi connectivity index (χ1) is 7.77. The minimum Gasteiger partial charge on any atom is -0.450 e. The second kappa shape index (κ2) is 7.17. The van der Waals surface area contributed by atoms with E-state index in [1.807, 2.05) is 12.1 Å². The first-order valence-electron chi connectivity index (χ1n) is 5.30. The van der Waals surface area contributed by atoms with Crippen molar-refractivity contribution in [3.63, 3.8) is 0 Å². The van der Waals surface area contributed by atoms with E-state index in [-0.39, 0.29) is 6.09 Å². The van der Waals surface area contributed by atoms with E-state index in [1.165, 1.54) is 10.5 Å². The highest BCUT2D eigenvalue weighted by molar-refractivity contribution is 7.98. The number of ether oxygens (including phenoxy) is 1. The summed E-state index contributed by atoms with van der Waals surface area (Å²) in [4.78, 5) is 12.3. The van der Waals surface area contributed by atoms with Crippen molar-refractivity contribution in [3.8, 4) is 0 Å². The quantitative estimate of drug-likeness (QED) is 0.803. The zero-order valence-electron chi connectivity index (χ0n) is 9.66. The predicted octanol–water partition coefficient (Wildman–Crippen LogP) is 2.70. The lowest BCUT2D eigenvalue weighted by molar-refractivity contribution is 0.152. The van der Waals surface area contributed by atoms with Gasteiger partial charge in [-0.2, -0.15) is 0 Å². The summed E-state index contributed by atoms with van der Waals surface area (Å²) >= 11 is 1.72. The van der Waals surface area contributed by atoms with Crippen LogP contribution in [0.15, 0.2) is 29.2 Å². The van der Waals surface area contributed by atoms with Gasteiger partial charge in [-0.1, -0.05) is 18.2 Å². The van der Waals surface area contributed by atoms with Gasteiger partial charge in [0.15, 0.2) is 0 Å². The highest BCUT2D eigenvalue weighted by atomic mass is 32.2. The lowest BCUT2D eigenvalue weighted by Gasteiger charge is -2.08. The van der Waals surface area contributed by atoms with Gasteiger partial charge in [0.25, 0.3) is 0 Å². The van der Waals surface area contributed by atoms with E-state index < -0.39 is 0 Å². The number of hydrogen-bond acceptors (Lipinski definition) is 3. The Bertz CT molecular complexity index is 342. The monoisotopic (exact) mass is 239 g/mol. The summed E-state index contributed by atoms with van der Waals surface area (Å²) in [6, 6.07) is 8.20. The van der Waals surface area contributed by atoms with E-state index in [4.69, 9.17) is 4.74 Å². The number of nitrogens with one attached hydrogen (secondary N) is 1. The zero-order chi connectivity index (χ0) is 11.8. The van der Waals surface area contributed by atoms with Crippen LogP contribution in [0.25, 0.3) is 0 Å². The van der Waals surface area contributed by atoms with Crippen LogP contribution in [-0.4, -0.2) is 25.5 Å². The fourth-order valence-electron chi connectivity index (χ4n) is 1.39. The number of alkyl carbamates (subject to hydrolysis) is 1. The zero-order valence-corrected chi connectivity index (χ0v) is 10.5. The second-order valence-corrected chi connectivity index (χ2v) is 4.06. The lowest BCUT2D eigenvalue weighted by atomic mass is 10.1. The molecule has 0 saturated heterocycles. The van der Waals surface area contributed by atoms with Crippen LogP contribution in [-0.2, 0) is 11.2 Å². The molecule has 0 saturated carbocycles. The molecule has 0 radical (unpaired) electrons. The van der Waals surface area contributed by atoms with Gasteiger partial charge in [0.1, 0.15) is 0 Å². The van der Waals surface area contributed by atoms with Crippen molar-refractivity contribution < 1.29 is 9.53 Å². The fraction of sp³-hybridized carbons (Fsp3) is 0.417. The Balaban J connectivity index is 2.39. The first-order valence-corrected chi connectivity index (χ1v) is 6.53. The van der Waals surface area contributed by atoms with Gasteiger partial charge in [-0.3, -0.25) is 0 Å². The highest BCUT2D eigenvalue weighted by Crippen LogP contribution is 2.19. The minimum absolute atomic E-state index is 0.343. The second-order valence-electron chi connectivity index (χ2n) is 3.21. The molecule has 0 heterocycles. The Morgan fingerprint density at radius 1 is 1.44 bits per heavy atom. The Hall–Kier alpha value is -1.16. The largest absolute Gasteiger partial charge is 0.450 e. The summed E-state index contributed by atoms with van der Waals surface area (Å²) in [7, 11) is 0. The van der Waals surface area contributed by atoms with Crippen molar-refractivity contribution in [2.24, 2.45) is 0 Å². The van der Waals surface area contributed by atoms with Crippen LogP contribution < -0.4 is 5.32 Å². The third-order valence-electron chi connectivity index (χ3n) is 2.13. The summed E-state index contributed by atoms with van der Waals surface area (Å²) in [5, 5.41) is 2.71. The molecule has 0 unspecified atom stereocenters. The molecule has 1 rings (SSSR count). The van der Waals surface area contributed by atoms with Crippen LogP contribution in [0.3, 0.4) is 0 Å². The van der Waals surface area contributed by atoms with Gasteiger partial charge in [-0.25, -0.2) is 4.79 Å². The Labute approximate surface area is 101 Å². The molecule has 3 nitrogen and oxygen atoms in total. The van der Waals surface area contributed by atoms with E-state index in [9.17, 15) is 4.79 Å². The number of benzene rings is 1. The molecule has 0 aromatic heterocycles. The van der Waals surface area contributed by atoms with Crippen molar-refractivity contribution in [3.05, 3.63) is 29.8 Å². The number of amides is 1. The molecule has 1 aromatic rings. The van der Waals surface area contributed by atoms with E-state index in [0.29, 0.717) is 13.2 Å². The van der Waals surface area contributed by atoms with Gasteiger partial charge in [0.2, 0.25) is 0 Å². The standard InChI is InChI=1S/C12H17NO2S/c1-3-15-12(14)13-9-8-10-6-4-5-7-11(10)16-2/h4-7H,3,8-9H2,1-2H3,(H,13,14). The molecule has 1 N–H and O–H groups in total. The Morgan fingerprint density at radius 3 is 2.88 bits per heavy atom. The Morgan fingerprint density at radius 2 is 2.19 bits per heavy atom. The van der Waals surface area contributed by atoms with E-state index in [2.05, 4.69) is 23.7 Å². The minimum atomic E-state index is -0.343. The van der Waals surface area contributed by atoms with Crippen molar-refractivity contribution in [2.75, 3.05) is 19.4 Å². The van der Waals surface area contributed by atoms with Crippen LogP contribution in [0, 0.1) is 0 Å². The predicted molar refractivity (Wildman–Crippen MR) is 67.0 cm³/mol. The molecule has 1 aromatic carbocycles. The van der Waals surface area contributed by atoms with Crippen molar-refractivity contribution >= 4 is 17.9 Å². The number of thioether (sulfide) groups is 1. The molecule has 0 aliphatic heterocycles. The molecule has 88 valence electrons. The lowest BCUT2D eigenvalue weighted by Crippen LogP contribution is -2.26. The third kappa shape index (κ3) is 4.14. The smallest absolute Gasteiger partial charge is 0.407 e. The molecular weight excluding hydrogens is 222 g/mol. The molecule has 0 aliphatic rings. The highest BCUT2D eigenvalue weighted by Gasteiger charge is 2.02. The number of hydrogen-bond donors (Lipinski definition) is 1. The van der Waals surface area contributed by atoms with Gasteiger partial charge in [-0.15, -0.1) is 11.8 Å². The van der Waals surface area contributed by atoms with Crippen LogP contribution in [0.4, 0.5) is 4.79 Å².